The summed E-state index contributed by atoms with van der Waals surface area (Å²) in [7, 11) is 3.08. The monoisotopic (exact) mass is 602 g/mol. The molecule has 5 rings (SSSR count). The van der Waals surface area contributed by atoms with Crippen molar-refractivity contribution in [1.82, 2.24) is 15.1 Å². The largest absolute Gasteiger partial charge is 0.510 e. The number of likely N-dealkylation sites (tertiary alicyclic amines) is 1. The number of piperidine rings is 1. The molecule has 1 amide bonds. The number of fused-ring (bicyclic) bond motifs is 3. The maximum Gasteiger partial charge on any atom is 0.294 e. The van der Waals surface area contributed by atoms with E-state index < -0.39 is 86.2 Å². The molecule has 4 aliphatic rings. The third-order valence-corrected chi connectivity index (χ3v) is 9.24. The third-order valence-electron chi connectivity index (χ3n) is 9.24. The van der Waals surface area contributed by atoms with Gasteiger partial charge in [0.1, 0.15) is 28.9 Å². The summed E-state index contributed by atoms with van der Waals surface area (Å²) in [5, 5.41) is 69.1. The predicted octanol–water partition coefficient (Wildman–Crippen LogP) is 0.0467. The third kappa shape index (κ3) is 4.63. The number of aromatic hydroxyl groups is 1. The Hall–Kier alpha value is -4.05. The lowest BCUT2D eigenvalue weighted by Crippen LogP contribution is -2.65. The van der Waals surface area contributed by atoms with Gasteiger partial charge in [-0.2, -0.15) is 0 Å². The van der Waals surface area contributed by atoms with E-state index in [1.165, 1.54) is 44.1 Å². The minimum atomic E-state index is -2.81. The molecule has 43 heavy (non-hydrogen) atoms. The van der Waals surface area contributed by atoms with Crippen molar-refractivity contribution in [2.45, 2.75) is 49.5 Å². The van der Waals surface area contributed by atoms with Gasteiger partial charge in [0.25, 0.3) is 11.0 Å². The summed E-state index contributed by atoms with van der Waals surface area (Å²) in [4.78, 5) is 59.3. The van der Waals surface area contributed by atoms with Gasteiger partial charge in [-0.3, -0.25) is 24.2 Å². The van der Waals surface area contributed by atoms with Crippen LogP contribution in [-0.2, 0) is 20.0 Å². The smallest absolute Gasteiger partial charge is 0.294 e. The van der Waals surface area contributed by atoms with Crippen molar-refractivity contribution < 1.29 is 49.8 Å². The molecule has 0 spiro atoms. The topological polar surface area (TPSA) is 223 Å². The first-order valence-corrected chi connectivity index (χ1v) is 13.8. The zero-order valence-electron chi connectivity index (χ0n) is 23.8. The van der Waals surface area contributed by atoms with Crippen LogP contribution in [0.15, 0.2) is 40.9 Å². The van der Waals surface area contributed by atoms with E-state index in [9.17, 15) is 50.0 Å². The molecule has 0 saturated carbocycles. The van der Waals surface area contributed by atoms with Crippen molar-refractivity contribution in [2.24, 2.45) is 11.8 Å². The van der Waals surface area contributed by atoms with E-state index >= 15 is 0 Å². The van der Waals surface area contributed by atoms with Crippen LogP contribution in [0.1, 0.15) is 42.1 Å². The molecule has 1 fully saturated rings. The summed E-state index contributed by atoms with van der Waals surface area (Å²) < 4.78 is 0. The highest BCUT2D eigenvalue weighted by atomic mass is 17.0. The normalized spacial score (nSPS) is 31.4. The molecule has 1 aliphatic heterocycles. The number of phenolic OH excluding ortho intramolecular Hbond substituents is 1. The molecule has 232 valence electrons. The minimum absolute atomic E-state index is 0.0882. The van der Waals surface area contributed by atoms with Crippen LogP contribution < -0.4 is 5.32 Å². The zero-order valence-corrected chi connectivity index (χ0v) is 23.8. The fraction of sp³-hybridized carbons (Fsp3) is 0.536. The second-order valence-corrected chi connectivity index (χ2v) is 11.9. The number of amides is 1. The number of carbonyl (C=O) groups is 3. The molecule has 3 aliphatic carbocycles. The van der Waals surface area contributed by atoms with Crippen molar-refractivity contribution >= 4 is 17.5 Å². The van der Waals surface area contributed by atoms with E-state index in [2.05, 4.69) is 10.2 Å². The number of hydrogen-bond donors (Lipinski definition) is 6. The number of aliphatic hydroxyl groups is 4. The molecule has 15 heteroatoms. The Morgan fingerprint density at radius 3 is 2.44 bits per heavy atom. The number of aliphatic hydroxyl groups excluding tert-OH is 2. The second-order valence-electron chi connectivity index (χ2n) is 11.9. The molecule has 1 aromatic carbocycles. The number of Topliss-reactive ketones (excluding diaryl/α,β-unsaturated/α-hetero) is 2. The van der Waals surface area contributed by atoms with Crippen LogP contribution in [0.2, 0.25) is 0 Å². The van der Waals surface area contributed by atoms with Gasteiger partial charge in [-0.1, -0.05) is 12.1 Å². The number of hydrogen-bond acceptors (Lipinski definition) is 13. The SMILES string of the molecule is CN(C)[C@@H]1C(O)=C(C(=O)NCN2CCC(O[N+](=O)[O-])CC2)C(=O)[C@@]2(O)C(O)=C3C(=O)c4c(O)cccc4C(C)(O)[C@H]3C[C@@H]12. The number of rotatable bonds is 6. The molecular formula is C28H34N4O11. The lowest BCUT2D eigenvalue weighted by Gasteiger charge is -2.52. The van der Waals surface area contributed by atoms with Gasteiger partial charge in [-0.15, -0.1) is 10.1 Å². The van der Waals surface area contributed by atoms with E-state index in [1.54, 1.807) is 4.90 Å². The number of likely N-dealkylation sites (N-methyl/N-ethyl adjacent to an activating group) is 1. The maximum atomic E-state index is 13.9. The summed E-state index contributed by atoms with van der Waals surface area (Å²) in [5.41, 5.74) is -6.05. The Kier molecular flexibility index (Phi) is 7.49. The summed E-state index contributed by atoms with van der Waals surface area (Å²) in [6, 6.07) is 2.98. The lowest BCUT2D eigenvalue weighted by molar-refractivity contribution is -0.769. The van der Waals surface area contributed by atoms with Crippen LogP contribution in [0.25, 0.3) is 0 Å². The van der Waals surface area contributed by atoms with Gasteiger partial charge in [-0.25, -0.2) is 0 Å². The van der Waals surface area contributed by atoms with E-state index in [0.29, 0.717) is 25.9 Å². The van der Waals surface area contributed by atoms with Crippen molar-refractivity contribution in [3.8, 4) is 5.75 Å². The number of nitrogens with zero attached hydrogens (tertiary/aromatic N) is 3. The van der Waals surface area contributed by atoms with Gasteiger partial charge in [0.2, 0.25) is 5.78 Å². The van der Waals surface area contributed by atoms with E-state index in [4.69, 9.17) is 0 Å². The second kappa shape index (κ2) is 10.6. The fourth-order valence-electron chi connectivity index (χ4n) is 7.06. The van der Waals surface area contributed by atoms with Gasteiger partial charge in [0.15, 0.2) is 11.4 Å². The number of ketones is 2. The Morgan fingerprint density at radius 2 is 1.84 bits per heavy atom. The molecule has 15 nitrogen and oxygen atoms in total. The predicted molar refractivity (Wildman–Crippen MR) is 146 cm³/mol. The minimum Gasteiger partial charge on any atom is -0.510 e. The molecule has 1 aromatic rings. The maximum absolute atomic E-state index is 13.9. The molecule has 1 saturated heterocycles. The summed E-state index contributed by atoms with van der Waals surface area (Å²) in [6.45, 7) is 1.99. The van der Waals surface area contributed by atoms with Gasteiger partial charge in [0.05, 0.1) is 23.9 Å². The van der Waals surface area contributed by atoms with E-state index in [-0.39, 0.29) is 24.2 Å². The van der Waals surface area contributed by atoms with Crippen molar-refractivity contribution in [2.75, 3.05) is 33.9 Å². The average Bonchev–Trinajstić information content (AvgIpc) is 2.92. The summed E-state index contributed by atoms with van der Waals surface area (Å²) >= 11 is 0. The highest BCUT2D eigenvalue weighted by Crippen LogP contribution is 2.56. The van der Waals surface area contributed by atoms with Crippen LogP contribution >= 0.6 is 0 Å². The first-order valence-electron chi connectivity index (χ1n) is 13.8. The van der Waals surface area contributed by atoms with Gasteiger partial charge >= 0.3 is 0 Å². The Morgan fingerprint density at radius 1 is 1.19 bits per heavy atom. The van der Waals surface area contributed by atoms with Crippen LogP contribution in [0.4, 0.5) is 0 Å². The Bertz CT molecular complexity index is 1460. The lowest BCUT2D eigenvalue weighted by atomic mass is 9.55. The number of nitrogens with one attached hydrogen (secondary N) is 1. The number of phenols is 1. The molecule has 0 bridgehead atoms. The molecule has 1 heterocycles. The standard InChI is InChI=1S/C28H34N4O11/c1-27(39)14-5-4-6-17(33)18(14)22(34)19-15(27)11-16-21(30(2)3)23(35)20(25(37)28(16,40)24(19)36)26(38)29-12-31-9-7-13(8-10-31)43-32(41)42/h4-6,13,15-16,21,33,35-36,39-40H,7-12H2,1-3H3,(H,29,38)/t15-,16-,21-,27?,28-/m0/s1. The quantitative estimate of drug-likeness (QED) is 0.144. The summed E-state index contributed by atoms with van der Waals surface area (Å²) in [5.74, 6) is -7.77. The van der Waals surface area contributed by atoms with Crippen LogP contribution in [0.3, 0.4) is 0 Å². The first kappa shape index (κ1) is 30.4. The molecule has 5 atom stereocenters. The van der Waals surface area contributed by atoms with Crippen molar-refractivity contribution in [1.29, 1.82) is 0 Å². The molecule has 1 unspecified atom stereocenters. The fourth-order valence-corrected chi connectivity index (χ4v) is 7.06. The number of benzene rings is 1. The van der Waals surface area contributed by atoms with Gasteiger partial charge in [0, 0.05) is 30.5 Å². The summed E-state index contributed by atoms with van der Waals surface area (Å²) in [6.07, 6.45) is -0.165. The van der Waals surface area contributed by atoms with Crippen LogP contribution in [0, 0.1) is 22.0 Å². The van der Waals surface area contributed by atoms with Crippen molar-refractivity contribution in [3.63, 3.8) is 0 Å². The first-order chi connectivity index (χ1) is 20.1. The van der Waals surface area contributed by atoms with Gasteiger partial charge in [-0.05, 0) is 51.9 Å². The highest BCUT2D eigenvalue weighted by Gasteiger charge is 2.65. The number of carbonyl (C=O) groups excluding carboxylic acids is 3. The highest BCUT2D eigenvalue weighted by molar-refractivity contribution is 6.25. The Labute approximate surface area is 245 Å². The van der Waals surface area contributed by atoms with E-state index in [0.717, 1.165) is 0 Å². The van der Waals surface area contributed by atoms with Crippen LogP contribution in [0.5, 0.6) is 5.75 Å². The zero-order chi connectivity index (χ0) is 31.6. The van der Waals surface area contributed by atoms with Crippen molar-refractivity contribution in [3.05, 3.63) is 62.1 Å². The van der Waals surface area contributed by atoms with Gasteiger partial charge < -0.3 is 35.7 Å². The molecule has 6 N–H and O–H groups in total. The molecular weight excluding hydrogens is 568 g/mol. The average molecular weight is 603 g/mol. The molecule has 0 aromatic heterocycles. The van der Waals surface area contributed by atoms with Crippen LogP contribution in [-0.4, -0.2) is 109 Å². The Balaban J connectivity index is 1.49. The van der Waals surface area contributed by atoms with E-state index in [1.807, 2.05) is 0 Å². The molecule has 0 radical (unpaired) electrons.